The normalized spacial score (nSPS) is 17.8. The fraction of sp³-hybridized carbons (Fsp3) is 0.500. The summed E-state index contributed by atoms with van der Waals surface area (Å²) in [4.78, 5) is 12.6. The molecule has 1 aromatic carbocycles. The van der Waals surface area contributed by atoms with Crippen molar-refractivity contribution < 1.29 is 18.3 Å². The molecule has 0 aliphatic carbocycles. The van der Waals surface area contributed by atoms with E-state index in [4.69, 9.17) is 16.7 Å². The molecule has 0 aromatic heterocycles. The maximum absolute atomic E-state index is 12.6. The van der Waals surface area contributed by atoms with Crippen LogP contribution in [0.4, 0.5) is 0 Å². The number of hydrogen-bond donors (Lipinski definition) is 1. The SMILES string of the molecule is CN(CC(=O)O)C1CCN(S(=O)(=O)c2ccccc2Cl)CC1. The van der Waals surface area contributed by atoms with Crippen LogP contribution in [0, 0.1) is 0 Å². The predicted molar refractivity (Wildman–Crippen MR) is 83.5 cm³/mol. The van der Waals surface area contributed by atoms with Gasteiger partial charge in [0.25, 0.3) is 0 Å². The fourth-order valence-corrected chi connectivity index (χ4v) is 4.62. The summed E-state index contributed by atoms with van der Waals surface area (Å²) in [5.41, 5.74) is 0. The van der Waals surface area contributed by atoms with E-state index in [0.29, 0.717) is 25.9 Å². The molecule has 0 atom stereocenters. The largest absolute Gasteiger partial charge is 0.480 e. The summed E-state index contributed by atoms with van der Waals surface area (Å²) >= 11 is 5.99. The van der Waals surface area contributed by atoms with Crippen LogP contribution in [0.5, 0.6) is 0 Å². The van der Waals surface area contributed by atoms with Crippen LogP contribution in [-0.2, 0) is 14.8 Å². The van der Waals surface area contributed by atoms with Crippen LogP contribution in [0.15, 0.2) is 29.2 Å². The number of halogens is 1. The van der Waals surface area contributed by atoms with E-state index in [0.717, 1.165) is 0 Å². The van der Waals surface area contributed by atoms with Crippen molar-refractivity contribution in [3.63, 3.8) is 0 Å². The molecule has 1 heterocycles. The van der Waals surface area contributed by atoms with E-state index in [1.165, 1.54) is 10.4 Å². The second kappa shape index (κ2) is 6.95. The Morgan fingerprint density at radius 3 is 2.50 bits per heavy atom. The van der Waals surface area contributed by atoms with Crippen LogP contribution in [0.2, 0.25) is 5.02 Å². The molecule has 1 saturated heterocycles. The average molecular weight is 347 g/mol. The summed E-state index contributed by atoms with van der Waals surface area (Å²) in [6.07, 6.45) is 1.21. The van der Waals surface area contributed by atoms with Gasteiger partial charge in [-0.15, -0.1) is 0 Å². The molecular weight excluding hydrogens is 328 g/mol. The Morgan fingerprint density at radius 1 is 1.36 bits per heavy atom. The van der Waals surface area contributed by atoms with E-state index in [-0.39, 0.29) is 22.5 Å². The van der Waals surface area contributed by atoms with Gasteiger partial charge in [-0.1, -0.05) is 23.7 Å². The number of benzene rings is 1. The number of sulfonamides is 1. The van der Waals surface area contributed by atoms with Gasteiger partial charge in [-0.3, -0.25) is 9.69 Å². The summed E-state index contributed by atoms with van der Waals surface area (Å²) < 4.78 is 26.6. The second-order valence-corrected chi connectivity index (χ2v) is 7.69. The van der Waals surface area contributed by atoms with Gasteiger partial charge in [0.2, 0.25) is 10.0 Å². The van der Waals surface area contributed by atoms with Crippen molar-refractivity contribution in [3.8, 4) is 0 Å². The Kier molecular flexibility index (Phi) is 5.44. The quantitative estimate of drug-likeness (QED) is 0.874. The number of nitrogens with zero attached hydrogens (tertiary/aromatic N) is 2. The third-order valence-electron chi connectivity index (χ3n) is 3.89. The molecule has 0 spiro atoms. The van der Waals surface area contributed by atoms with Gasteiger partial charge < -0.3 is 5.11 Å². The van der Waals surface area contributed by atoms with Crippen LogP contribution in [0.3, 0.4) is 0 Å². The number of rotatable bonds is 5. The Labute approximate surface area is 135 Å². The number of piperidine rings is 1. The zero-order chi connectivity index (χ0) is 16.3. The molecule has 0 amide bonds. The smallest absolute Gasteiger partial charge is 0.317 e. The summed E-state index contributed by atoms with van der Waals surface area (Å²) in [5.74, 6) is -0.881. The monoisotopic (exact) mass is 346 g/mol. The van der Waals surface area contributed by atoms with E-state index < -0.39 is 16.0 Å². The van der Waals surface area contributed by atoms with Gasteiger partial charge in [-0.05, 0) is 32.0 Å². The molecule has 22 heavy (non-hydrogen) atoms. The Morgan fingerprint density at radius 2 is 1.95 bits per heavy atom. The maximum atomic E-state index is 12.6. The fourth-order valence-electron chi connectivity index (χ4n) is 2.66. The predicted octanol–water partition coefficient (Wildman–Crippen LogP) is 1.51. The summed E-state index contributed by atoms with van der Waals surface area (Å²) in [5, 5.41) is 9.03. The molecule has 1 fully saturated rings. The summed E-state index contributed by atoms with van der Waals surface area (Å²) in [7, 11) is -1.85. The molecule has 0 unspecified atom stereocenters. The Hall–Kier alpha value is -1.15. The van der Waals surface area contributed by atoms with Crippen LogP contribution < -0.4 is 0 Å². The molecule has 0 radical (unpaired) electrons. The molecule has 1 aliphatic heterocycles. The van der Waals surface area contributed by atoms with Crippen LogP contribution >= 0.6 is 11.6 Å². The number of carboxylic acid groups (broad SMARTS) is 1. The highest BCUT2D eigenvalue weighted by atomic mass is 35.5. The zero-order valence-electron chi connectivity index (χ0n) is 12.3. The van der Waals surface area contributed by atoms with Crippen LogP contribution in [0.1, 0.15) is 12.8 Å². The van der Waals surface area contributed by atoms with Crippen molar-refractivity contribution in [1.29, 1.82) is 0 Å². The van der Waals surface area contributed by atoms with Gasteiger partial charge in [0, 0.05) is 19.1 Å². The molecule has 122 valence electrons. The lowest BCUT2D eigenvalue weighted by atomic mass is 10.1. The van der Waals surface area contributed by atoms with Gasteiger partial charge in [-0.25, -0.2) is 8.42 Å². The number of aliphatic carboxylic acids is 1. The van der Waals surface area contributed by atoms with Crippen molar-refractivity contribution in [2.24, 2.45) is 0 Å². The first-order chi connectivity index (χ1) is 10.3. The highest BCUT2D eigenvalue weighted by Crippen LogP contribution is 2.27. The van der Waals surface area contributed by atoms with E-state index in [9.17, 15) is 13.2 Å². The van der Waals surface area contributed by atoms with Gasteiger partial charge in [0.1, 0.15) is 4.90 Å². The van der Waals surface area contributed by atoms with Crippen molar-refractivity contribution in [2.75, 3.05) is 26.7 Å². The van der Waals surface area contributed by atoms with Crippen molar-refractivity contribution in [2.45, 2.75) is 23.8 Å². The molecular formula is C14H19ClN2O4S. The maximum Gasteiger partial charge on any atom is 0.317 e. The first-order valence-electron chi connectivity index (χ1n) is 6.99. The lowest BCUT2D eigenvalue weighted by molar-refractivity contribution is -0.138. The highest BCUT2D eigenvalue weighted by molar-refractivity contribution is 7.89. The van der Waals surface area contributed by atoms with Gasteiger partial charge in [0.15, 0.2) is 0 Å². The molecule has 2 rings (SSSR count). The highest BCUT2D eigenvalue weighted by Gasteiger charge is 2.32. The van der Waals surface area contributed by atoms with E-state index in [1.54, 1.807) is 30.1 Å². The number of carboxylic acids is 1. The second-order valence-electron chi connectivity index (χ2n) is 5.37. The van der Waals surface area contributed by atoms with Crippen molar-refractivity contribution in [3.05, 3.63) is 29.3 Å². The number of carbonyl (C=O) groups is 1. The zero-order valence-corrected chi connectivity index (χ0v) is 13.8. The van der Waals surface area contributed by atoms with E-state index in [2.05, 4.69) is 0 Å². The standard InChI is InChI=1S/C14H19ClN2O4S/c1-16(10-14(18)19)11-6-8-17(9-7-11)22(20,21)13-5-3-2-4-12(13)15/h2-5,11H,6-10H2,1H3,(H,18,19). The summed E-state index contributed by atoms with van der Waals surface area (Å²) in [6.45, 7) is 0.687. The molecule has 6 nitrogen and oxygen atoms in total. The van der Waals surface area contributed by atoms with E-state index >= 15 is 0 Å². The lowest BCUT2D eigenvalue weighted by Gasteiger charge is -2.35. The molecule has 8 heteroatoms. The van der Waals surface area contributed by atoms with Crippen LogP contribution in [-0.4, -0.2) is 61.4 Å². The van der Waals surface area contributed by atoms with Crippen LogP contribution in [0.25, 0.3) is 0 Å². The number of likely N-dealkylation sites (N-methyl/N-ethyl adjacent to an activating group) is 1. The van der Waals surface area contributed by atoms with Crippen molar-refractivity contribution in [1.82, 2.24) is 9.21 Å². The minimum absolute atomic E-state index is 0.0398. The lowest BCUT2D eigenvalue weighted by Crippen LogP contribution is -2.46. The Bertz CT molecular complexity index is 642. The van der Waals surface area contributed by atoms with Gasteiger partial charge in [0.05, 0.1) is 11.6 Å². The third-order valence-corrected chi connectivity index (χ3v) is 6.28. The molecule has 1 N–H and O–H groups in total. The minimum atomic E-state index is -3.60. The van der Waals surface area contributed by atoms with Gasteiger partial charge in [-0.2, -0.15) is 4.31 Å². The van der Waals surface area contributed by atoms with Crippen molar-refractivity contribution >= 4 is 27.6 Å². The molecule has 1 aliphatic rings. The first-order valence-corrected chi connectivity index (χ1v) is 8.81. The first kappa shape index (κ1) is 17.2. The summed E-state index contributed by atoms with van der Waals surface area (Å²) in [6, 6.07) is 6.47. The third kappa shape index (κ3) is 3.78. The van der Waals surface area contributed by atoms with E-state index in [1.807, 2.05) is 0 Å². The molecule has 0 bridgehead atoms. The number of hydrogen-bond acceptors (Lipinski definition) is 4. The average Bonchev–Trinajstić information content (AvgIpc) is 2.47. The Balaban J connectivity index is 2.05. The molecule has 1 aromatic rings. The minimum Gasteiger partial charge on any atom is -0.480 e. The topological polar surface area (TPSA) is 77.9 Å². The van der Waals surface area contributed by atoms with Gasteiger partial charge >= 0.3 is 5.97 Å². The molecule has 0 saturated carbocycles.